The van der Waals surface area contributed by atoms with Gasteiger partial charge in [0, 0.05) is 23.5 Å². The van der Waals surface area contributed by atoms with Gasteiger partial charge in [0.2, 0.25) is 5.91 Å². The Bertz CT molecular complexity index is 839. The third-order valence-corrected chi connectivity index (χ3v) is 5.93. The molecule has 1 atom stereocenters. The molecule has 1 fully saturated rings. The van der Waals surface area contributed by atoms with Crippen LogP contribution in [0.5, 0.6) is 0 Å². The average molecular weight is 386 g/mol. The lowest BCUT2D eigenvalue weighted by atomic mass is 9.96. The number of aryl methyl sites for hydroxylation is 4. The Kier molecular flexibility index (Phi) is 5.95. The van der Waals surface area contributed by atoms with Gasteiger partial charge >= 0.3 is 0 Å². The van der Waals surface area contributed by atoms with E-state index in [1.54, 1.807) is 0 Å². The highest BCUT2D eigenvalue weighted by Crippen LogP contribution is 2.25. The summed E-state index contributed by atoms with van der Waals surface area (Å²) in [5.41, 5.74) is 3.90. The predicted octanol–water partition coefficient (Wildman–Crippen LogP) is 4.12. The highest BCUT2D eigenvalue weighted by molar-refractivity contribution is 7.15. The Morgan fingerprint density at radius 2 is 1.93 bits per heavy atom. The van der Waals surface area contributed by atoms with Crippen LogP contribution in [0.25, 0.3) is 0 Å². The van der Waals surface area contributed by atoms with E-state index in [2.05, 4.69) is 23.3 Å². The summed E-state index contributed by atoms with van der Waals surface area (Å²) < 4.78 is 0. The third kappa shape index (κ3) is 4.56. The van der Waals surface area contributed by atoms with Crippen molar-refractivity contribution in [1.82, 2.24) is 9.88 Å². The number of carbonyl (C=O) groups excluding carboxylic acids is 2. The summed E-state index contributed by atoms with van der Waals surface area (Å²) in [4.78, 5) is 33.1. The molecule has 5 nitrogen and oxygen atoms in total. The quantitative estimate of drug-likeness (QED) is 0.861. The second kappa shape index (κ2) is 8.21. The second-order valence-corrected chi connectivity index (χ2v) is 8.53. The fourth-order valence-corrected chi connectivity index (χ4v) is 4.58. The zero-order valence-corrected chi connectivity index (χ0v) is 17.3. The maximum atomic E-state index is 12.9. The Balaban J connectivity index is 1.67. The number of nitrogens with zero attached hydrogens (tertiary/aromatic N) is 2. The summed E-state index contributed by atoms with van der Waals surface area (Å²) in [7, 11) is 0. The van der Waals surface area contributed by atoms with Crippen molar-refractivity contribution in [2.45, 2.75) is 47.0 Å². The van der Waals surface area contributed by atoms with Crippen LogP contribution in [-0.4, -0.2) is 34.8 Å². The van der Waals surface area contributed by atoms with E-state index in [0.29, 0.717) is 23.8 Å². The number of carbonyl (C=O) groups is 2. The molecule has 0 radical (unpaired) electrons. The van der Waals surface area contributed by atoms with E-state index >= 15 is 0 Å². The standard InChI is InChI=1S/C21H27N3O2S/c1-5-18-15(4)27-21(22-18)23-19(25)16-7-6-8-24(12-16)20(26)17-10-13(2)9-14(3)11-17/h9-11,16H,5-8,12H2,1-4H3,(H,22,23,25). The van der Waals surface area contributed by atoms with Crippen LogP contribution in [0.3, 0.4) is 0 Å². The second-order valence-electron chi connectivity index (χ2n) is 7.33. The number of thiazole rings is 1. The van der Waals surface area contributed by atoms with Crippen molar-refractivity contribution >= 4 is 28.3 Å². The number of aromatic nitrogens is 1. The van der Waals surface area contributed by atoms with Gasteiger partial charge < -0.3 is 10.2 Å². The molecule has 0 aliphatic carbocycles. The number of piperidine rings is 1. The minimum Gasteiger partial charge on any atom is -0.338 e. The average Bonchev–Trinajstić information content (AvgIpc) is 2.99. The summed E-state index contributed by atoms with van der Waals surface area (Å²) in [5.74, 6) is -0.218. The highest BCUT2D eigenvalue weighted by Gasteiger charge is 2.29. The molecule has 144 valence electrons. The first-order valence-corrected chi connectivity index (χ1v) is 10.3. The van der Waals surface area contributed by atoms with E-state index < -0.39 is 0 Å². The molecule has 1 aliphatic rings. The Morgan fingerprint density at radius 1 is 1.22 bits per heavy atom. The van der Waals surface area contributed by atoms with Crippen molar-refractivity contribution in [2.24, 2.45) is 5.92 Å². The Labute approximate surface area is 164 Å². The lowest BCUT2D eigenvalue weighted by Gasteiger charge is -2.32. The number of nitrogens with one attached hydrogen (secondary N) is 1. The summed E-state index contributed by atoms with van der Waals surface area (Å²) in [6.45, 7) is 9.24. The van der Waals surface area contributed by atoms with Crippen LogP contribution in [0.4, 0.5) is 5.13 Å². The SMILES string of the molecule is CCc1nc(NC(=O)C2CCCN(C(=O)c3cc(C)cc(C)c3)C2)sc1C. The van der Waals surface area contributed by atoms with Crippen LogP contribution >= 0.6 is 11.3 Å². The number of hydrogen-bond acceptors (Lipinski definition) is 4. The molecule has 1 aromatic heterocycles. The zero-order chi connectivity index (χ0) is 19.6. The molecule has 0 bridgehead atoms. The minimum atomic E-state index is -0.192. The van der Waals surface area contributed by atoms with Gasteiger partial charge in [-0.2, -0.15) is 0 Å². The van der Waals surface area contributed by atoms with Crippen molar-refractivity contribution in [1.29, 1.82) is 0 Å². The molecule has 3 rings (SSSR count). The van der Waals surface area contributed by atoms with E-state index in [4.69, 9.17) is 0 Å². The predicted molar refractivity (Wildman–Crippen MR) is 109 cm³/mol. The fourth-order valence-electron chi connectivity index (χ4n) is 3.67. The van der Waals surface area contributed by atoms with E-state index in [0.717, 1.165) is 41.0 Å². The summed E-state index contributed by atoms with van der Waals surface area (Å²) in [6.07, 6.45) is 2.50. The van der Waals surface area contributed by atoms with Gasteiger partial charge in [0.05, 0.1) is 11.6 Å². The first-order valence-electron chi connectivity index (χ1n) is 9.52. The Morgan fingerprint density at radius 3 is 2.56 bits per heavy atom. The van der Waals surface area contributed by atoms with Crippen LogP contribution in [0.1, 0.15) is 51.8 Å². The van der Waals surface area contributed by atoms with Crippen molar-refractivity contribution in [3.63, 3.8) is 0 Å². The molecule has 0 saturated carbocycles. The summed E-state index contributed by atoms with van der Waals surface area (Å²) in [5, 5.41) is 3.61. The fraction of sp³-hybridized carbons (Fsp3) is 0.476. The van der Waals surface area contributed by atoms with Gasteiger partial charge in [0.1, 0.15) is 0 Å². The largest absolute Gasteiger partial charge is 0.338 e. The first-order chi connectivity index (χ1) is 12.9. The molecule has 1 N–H and O–H groups in total. The molecule has 1 unspecified atom stereocenters. The maximum Gasteiger partial charge on any atom is 0.253 e. The molecule has 1 aliphatic heterocycles. The van der Waals surface area contributed by atoms with Crippen molar-refractivity contribution in [2.75, 3.05) is 18.4 Å². The van der Waals surface area contributed by atoms with Crippen molar-refractivity contribution in [3.8, 4) is 0 Å². The van der Waals surface area contributed by atoms with E-state index in [1.807, 2.05) is 37.8 Å². The highest BCUT2D eigenvalue weighted by atomic mass is 32.1. The van der Waals surface area contributed by atoms with Gasteiger partial charge in [-0.1, -0.05) is 24.1 Å². The van der Waals surface area contributed by atoms with Gasteiger partial charge in [-0.25, -0.2) is 4.98 Å². The first kappa shape index (κ1) is 19.5. The molecule has 2 aromatic rings. The lowest BCUT2D eigenvalue weighted by Crippen LogP contribution is -2.43. The number of hydrogen-bond donors (Lipinski definition) is 1. The summed E-state index contributed by atoms with van der Waals surface area (Å²) >= 11 is 1.51. The smallest absolute Gasteiger partial charge is 0.253 e. The van der Waals surface area contributed by atoms with Crippen LogP contribution in [0.15, 0.2) is 18.2 Å². The molecule has 0 spiro atoms. The van der Waals surface area contributed by atoms with Gasteiger partial charge in [-0.05, 0) is 52.2 Å². The molecule has 2 amide bonds. The van der Waals surface area contributed by atoms with Crippen molar-refractivity contribution < 1.29 is 9.59 Å². The van der Waals surface area contributed by atoms with E-state index in [1.165, 1.54) is 11.3 Å². The number of benzene rings is 1. The molecule has 6 heteroatoms. The number of anilines is 1. The topological polar surface area (TPSA) is 62.3 Å². The van der Waals surface area contributed by atoms with E-state index in [-0.39, 0.29) is 17.7 Å². The van der Waals surface area contributed by atoms with Crippen LogP contribution in [0, 0.1) is 26.7 Å². The Hall–Kier alpha value is -2.21. The number of rotatable bonds is 4. The van der Waals surface area contributed by atoms with Crippen LogP contribution < -0.4 is 5.32 Å². The maximum absolute atomic E-state index is 12.9. The normalized spacial score (nSPS) is 17.0. The van der Waals surface area contributed by atoms with E-state index in [9.17, 15) is 9.59 Å². The molecular formula is C21H27N3O2S. The molecule has 1 aromatic carbocycles. The molecule has 2 heterocycles. The van der Waals surface area contributed by atoms with Gasteiger partial charge in [0.15, 0.2) is 5.13 Å². The number of amides is 2. The molecular weight excluding hydrogens is 358 g/mol. The van der Waals surface area contributed by atoms with Gasteiger partial charge in [-0.15, -0.1) is 11.3 Å². The minimum absolute atomic E-state index is 0.0117. The third-order valence-electron chi connectivity index (χ3n) is 5.01. The summed E-state index contributed by atoms with van der Waals surface area (Å²) in [6, 6.07) is 5.90. The molecule has 27 heavy (non-hydrogen) atoms. The number of likely N-dealkylation sites (tertiary alicyclic amines) is 1. The van der Waals surface area contributed by atoms with Gasteiger partial charge in [-0.3, -0.25) is 9.59 Å². The lowest BCUT2D eigenvalue weighted by molar-refractivity contribution is -0.121. The molecule has 1 saturated heterocycles. The van der Waals surface area contributed by atoms with Gasteiger partial charge in [0.25, 0.3) is 5.91 Å². The van der Waals surface area contributed by atoms with Crippen molar-refractivity contribution in [3.05, 3.63) is 45.5 Å². The zero-order valence-electron chi connectivity index (χ0n) is 16.5. The van der Waals surface area contributed by atoms with Crippen LogP contribution in [-0.2, 0) is 11.2 Å². The monoisotopic (exact) mass is 385 g/mol. The van der Waals surface area contributed by atoms with Crippen LogP contribution in [0.2, 0.25) is 0 Å².